The molecule has 3 aromatic carbocycles. The fourth-order valence-corrected chi connectivity index (χ4v) is 6.17. The molecule has 0 radical (unpaired) electrons. The minimum absolute atomic E-state index is 0.0180. The first-order chi connectivity index (χ1) is 21.5. The van der Waals surface area contributed by atoms with Gasteiger partial charge in [0.1, 0.15) is 6.61 Å². The smallest absolute Gasteiger partial charge is 0.411 e. The van der Waals surface area contributed by atoms with Crippen LogP contribution >= 0.6 is 0 Å². The maximum Gasteiger partial charge on any atom is 0.411 e. The standard InChI is InChI=1S/C34H38N4O6/c1-2-18-42-34(41)35-26-7-5-6-25(19-26)32-43-28(20-31(44-32)24-12-10-23(22-39)11-13-24)21-37-16-14-27(15-17-37)38-30-9-4-3-8-29(30)36-33(38)40/h2-13,19,27-28,31-32,39H,1,14-18,20-22H2,(H,35,41)(H,36,40)/t28-,31+,32+/m0/s1. The van der Waals surface area contributed by atoms with Crippen molar-refractivity contribution in [3.05, 3.63) is 113 Å². The molecule has 3 heterocycles. The van der Waals surface area contributed by atoms with E-state index in [1.165, 1.54) is 6.08 Å². The molecule has 1 aromatic heterocycles. The lowest BCUT2D eigenvalue weighted by atomic mass is 9.98. The highest BCUT2D eigenvalue weighted by molar-refractivity contribution is 5.84. The van der Waals surface area contributed by atoms with E-state index >= 15 is 0 Å². The molecule has 10 nitrogen and oxygen atoms in total. The summed E-state index contributed by atoms with van der Waals surface area (Å²) in [5.74, 6) is 0. The van der Waals surface area contributed by atoms with E-state index < -0.39 is 12.4 Å². The molecule has 3 N–H and O–H groups in total. The van der Waals surface area contributed by atoms with Crippen LogP contribution in [0.1, 0.15) is 54.4 Å². The van der Waals surface area contributed by atoms with Crippen LogP contribution in [0.2, 0.25) is 0 Å². The Morgan fingerprint density at radius 2 is 1.84 bits per heavy atom. The third-order valence-corrected chi connectivity index (χ3v) is 8.36. The number of aromatic amines is 1. The van der Waals surface area contributed by atoms with Gasteiger partial charge in [-0.3, -0.25) is 9.88 Å². The minimum atomic E-state index is -0.649. The molecule has 6 rings (SSSR count). The average molecular weight is 599 g/mol. The maximum atomic E-state index is 12.8. The van der Waals surface area contributed by atoms with E-state index in [0.717, 1.165) is 60.2 Å². The molecular formula is C34H38N4O6. The predicted molar refractivity (Wildman–Crippen MR) is 167 cm³/mol. The monoisotopic (exact) mass is 598 g/mol. The van der Waals surface area contributed by atoms with Gasteiger partial charge in [0.15, 0.2) is 6.29 Å². The number of fused-ring (bicyclic) bond motifs is 1. The van der Waals surface area contributed by atoms with Gasteiger partial charge in [-0.05, 0) is 48.2 Å². The van der Waals surface area contributed by atoms with Crippen molar-refractivity contribution in [1.82, 2.24) is 14.5 Å². The zero-order valence-electron chi connectivity index (χ0n) is 24.6. The summed E-state index contributed by atoms with van der Waals surface area (Å²) in [7, 11) is 0. The van der Waals surface area contributed by atoms with Crippen LogP contribution in [-0.2, 0) is 20.8 Å². The number of aromatic nitrogens is 2. The molecule has 0 bridgehead atoms. The highest BCUT2D eigenvalue weighted by Crippen LogP contribution is 2.39. The Balaban J connectivity index is 1.16. The van der Waals surface area contributed by atoms with Gasteiger partial charge in [-0.2, -0.15) is 0 Å². The van der Waals surface area contributed by atoms with Crippen LogP contribution in [0.25, 0.3) is 11.0 Å². The second-order valence-corrected chi connectivity index (χ2v) is 11.3. The highest BCUT2D eigenvalue weighted by Gasteiger charge is 2.34. The minimum Gasteiger partial charge on any atom is -0.445 e. The highest BCUT2D eigenvalue weighted by atomic mass is 16.7. The van der Waals surface area contributed by atoms with Crippen molar-refractivity contribution in [3.63, 3.8) is 0 Å². The number of likely N-dealkylation sites (tertiary alicyclic amines) is 1. The SMILES string of the molecule is C=CCOC(=O)Nc1cccc([C@@H]2O[C@H](CN3CCC(n4c(=O)[nH]c5ccccc54)CC3)C[C@H](c3ccc(CO)cc3)O2)c1. The topological polar surface area (TPSA) is 118 Å². The zero-order chi connectivity index (χ0) is 30.5. The van der Waals surface area contributed by atoms with Crippen LogP contribution in [0.4, 0.5) is 10.5 Å². The number of carbonyl (C=O) groups is 1. The molecule has 2 aliphatic heterocycles. The lowest BCUT2D eigenvalue weighted by Gasteiger charge is -2.40. The van der Waals surface area contributed by atoms with Crippen molar-refractivity contribution in [2.75, 3.05) is 31.6 Å². The number of benzene rings is 3. The molecule has 3 atom stereocenters. The summed E-state index contributed by atoms with van der Waals surface area (Å²) in [6, 6.07) is 23.2. The third-order valence-electron chi connectivity index (χ3n) is 8.36. The average Bonchev–Trinajstić information content (AvgIpc) is 3.39. The number of rotatable bonds is 9. The Bertz CT molecular complexity index is 1640. The largest absolute Gasteiger partial charge is 0.445 e. The van der Waals surface area contributed by atoms with Crippen LogP contribution in [0.5, 0.6) is 0 Å². The molecule has 44 heavy (non-hydrogen) atoms. The quantitative estimate of drug-likeness (QED) is 0.220. The van der Waals surface area contributed by atoms with Crippen molar-refractivity contribution in [1.29, 1.82) is 0 Å². The molecule has 1 amide bonds. The van der Waals surface area contributed by atoms with Gasteiger partial charge < -0.3 is 29.2 Å². The number of H-pyrrole nitrogens is 1. The molecule has 2 saturated heterocycles. The first-order valence-corrected chi connectivity index (χ1v) is 15.1. The van der Waals surface area contributed by atoms with Crippen molar-refractivity contribution in [3.8, 4) is 0 Å². The van der Waals surface area contributed by atoms with Crippen LogP contribution < -0.4 is 11.0 Å². The van der Waals surface area contributed by atoms with E-state index in [0.29, 0.717) is 12.1 Å². The van der Waals surface area contributed by atoms with E-state index in [2.05, 4.69) is 21.8 Å². The van der Waals surface area contributed by atoms with Crippen molar-refractivity contribution in [2.24, 2.45) is 0 Å². The van der Waals surface area contributed by atoms with Gasteiger partial charge in [-0.1, -0.05) is 61.2 Å². The number of aliphatic hydroxyl groups excluding tert-OH is 1. The molecule has 2 aliphatic rings. The van der Waals surface area contributed by atoms with E-state index in [-0.39, 0.29) is 37.2 Å². The normalized spacial score (nSPS) is 21.2. The van der Waals surface area contributed by atoms with Crippen molar-refractivity contribution < 1.29 is 24.1 Å². The van der Waals surface area contributed by atoms with E-state index in [1.807, 2.05) is 71.3 Å². The molecule has 10 heteroatoms. The number of hydrogen-bond donors (Lipinski definition) is 3. The zero-order valence-corrected chi connectivity index (χ0v) is 24.6. The summed E-state index contributed by atoms with van der Waals surface area (Å²) in [4.78, 5) is 30.3. The van der Waals surface area contributed by atoms with Gasteiger partial charge in [-0.25, -0.2) is 9.59 Å². The molecule has 0 aliphatic carbocycles. The lowest BCUT2D eigenvalue weighted by molar-refractivity contribution is -0.253. The van der Waals surface area contributed by atoms with E-state index in [9.17, 15) is 14.7 Å². The second-order valence-electron chi connectivity index (χ2n) is 11.3. The number of anilines is 1. The lowest BCUT2D eigenvalue weighted by Crippen LogP contribution is -2.43. The van der Waals surface area contributed by atoms with Gasteiger partial charge in [0.25, 0.3) is 0 Å². The van der Waals surface area contributed by atoms with Gasteiger partial charge in [0.2, 0.25) is 0 Å². The van der Waals surface area contributed by atoms with Gasteiger partial charge in [0.05, 0.1) is 29.8 Å². The first-order valence-electron chi connectivity index (χ1n) is 15.1. The van der Waals surface area contributed by atoms with Crippen LogP contribution in [0.3, 0.4) is 0 Å². The van der Waals surface area contributed by atoms with Crippen molar-refractivity contribution in [2.45, 2.75) is 50.4 Å². The fourth-order valence-electron chi connectivity index (χ4n) is 6.17. The van der Waals surface area contributed by atoms with Gasteiger partial charge in [0, 0.05) is 43.3 Å². The Labute approximate surface area is 255 Å². The first kappa shape index (κ1) is 29.8. The van der Waals surface area contributed by atoms with Crippen LogP contribution in [-0.4, -0.2) is 58.0 Å². The summed E-state index contributed by atoms with van der Waals surface area (Å²) in [5.41, 5.74) is 4.98. The molecule has 230 valence electrons. The Morgan fingerprint density at radius 1 is 1.05 bits per heavy atom. The van der Waals surface area contributed by atoms with E-state index in [4.69, 9.17) is 14.2 Å². The van der Waals surface area contributed by atoms with Gasteiger partial charge in [-0.15, -0.1) is 0 Å². The fraction of sp³-hybridized carbons (Fsp3) is 0.353. The summed E-state index contributed by atoms with van der Waals surface area (Å²) in [6.45, 7) is 6.10. The number of amides is 1. The summed E-state index contributed by atoms with van der Waals surface area (Å²) < 4.78 is 20.0. The molecule has 0 spiro atoms. The van der Waals surface area contributed by atoms with Gasteiger partial charge >= 0.3 is 11.8 Å². The summed E-state index contributed by atoms with van der Waals surface area (Å²) in [6.07, 6.45) is 2.38. The number of aliphatic hydroxyl groups is 1. The van der Waals surface area contributed by atoms with Crippen molar-refractivity contribution >= 4 is 22.8 Å². The third kappa shape index (κ3) is 6.79. The number of ether oxygens (including phenoxy) is 3. The number of carbonyl (C=O) groups excluding carboxylic acids is 1. The molecule has 0 saturated carbocycles. The van der Waals surface area contributed by atoms with E-state index in [1.54, 1.807) is 6.07 Å². The number of para-hydroxylation sites is 2. The summed E-state index contributed by atoms with van der Waals surface area (Å²) in [5, 5.41) is 12.3. The molecule has 4 aromatic rings. The Morgan fingerprint density at radius 3 is 2.61 bits per heavy atom. The number of imidazole rings is 1. The van der Waals surface area contributed by atoms with Crippen LogP contribution in [0.15, 0.2) is 90.2 Å². The predicted octanol–water partition coefficient (Wildman–Crippen LogP) is 5.44. The number of nitrogens with one attached hydrogen (secondary N) is 2. The Kier molecular flexibility index (Phi) is 9.23. The summed E-state index contributed by atoms with van der Waals surface area (Å²) >= 11 is 0. The maximum absolute atomic E-state index is 12.8. The molecular weight excluding hydrogens is 560 g/mol. The number of hydrogen-bond acceptors (Lipinski definition) is 7. The molecule has 0 unspecified atom stereocenters. The molecule has 2 fully saturated rings. The number of nitrogens with zero attached hydrogens (tertiary/aromatic N) is 2. The number of piperidine rings is 1. The second kappa shape index (κ2) is 13.6. The Hall–Kier alpha value is -4.22. The van der Waals surface area contributed by atoms with Crippen LogP contribution in [0, 0.1) is 0 Å².